The first-order valence-electron chi connectivity index (χ1n) is 6.54. The summed E-state index contributed by atoms with van der Waals surface area (Å²) in [7, 11) is 1.71. The van der Waals surface area contributed by atoms with E-state index in [4.69, 9.17) is 9.84 Å². The Bertz CT molecular complexity index is 350. The highest BCUT2D eigenvalue weighted by atomic mass is 16.5. The van der Waals surface area contributed by atoms with Crippen molar-refractivity contribution in [3.63, 3.8) is 0 Å². The van der Waals surface area contributed by atoms with E-state index in [0.29, 0.717) is 0 Å². The molecule has 18 heavy (non-hydrogen) atoms. The Kier molecular flexibility index (Phi) is 6.93. The molecule has 0 unspecified atom stereocenters. The molecular formula is C13H25N3O2. The van der Waals surface area contributed by atoms with E-state index in [9.17, 15) is 0 Å². The van der Waals surface area contributed by atoms with Gasteiger partial charge in [0.1, 0.15) is 0 Å². The van der Waals surface area contributed by atoms with Crippen molar-refractivity contribution in [3.8, 4) is 0 Å². The number of aromatic nitrogens is 2. The second kappa shape index (κ2) is 8.24. The van der Waals surface area contributed by atoms with E-state index < -0.39 is 0 Å². The summed E-state index contributed by atoms with van der Waals surface area (Å²) in [6.07, 6.45) is 1.80. The van der Waals surface area contributed by atoms with Gasteiger partial charge < -0.3 is 15.2 Å². The van der Waals surface area contributed by atoms with Crippen LogP contribution in [0.3, 0.4) is 0 Å². The summed E-state index contributed by atoms with van der Waals surface area (Å²) in [4.78, 5) is 0. The second-order valence-electron chi connectivity index (χ2n) is 4.47. The van der Waals surface area contributed by atoms with Crippen LogP contribution < -0.4 is 5.32 Å². The van der Waals surface area contributed by atoms with E-state index >= 15 is 0 Å². The van der Waals surface area contributed by atoms with Crippen molar-refractivity contribution in [1.29, 1.82) is 0 Å². The van der Waals surface area contributed by atoms with Gasteiger partial charge in [0.2, 0.25) is 0 Å². The van der Waals surface area contributed by atoms with Crippen molar-refractivity contribution in [2.24, 2.45) is 0 Å². The molecule has 2 N–H and O–H groups in total. The number of nitrogens with one attached hydrogen (secondary N) is 1. The van der Waals surface area contributed by atoms with Gasteiger partial charge in [0, 0.05) is 44.6 Å². The molecule has 5 heteroatoms. The van der Waals surface area contributed by atoms with E-state index in [1.807, 2.05) is 11.6 Å². The molecule has 0 atom stereocenters. The van der Waals surface area contributed by atoms with Gasteiger partial charge in [0.05, 0.1) is 12.3 Å². The van der Waals surface area contributed by atoms with Crippen LogP contribution in [0.2, 0.25) is 0 Å². The second-order valence-corrected chi connectivity index (χ2v) is 4.47. The first-order chi connectivity index (χ1) is 8.70. The highest BCUT2D eigenvalue weighted by Crippen LogP contribution is 2.13. The van der Waals surface area contributed by atoms with E-state index in [0.717, 1.165) is 44.8 Å². The number of methoxy groups -OCH3 is 1. The number of aliphatic hydroxyl groups is 1. The number of rotatable bonds is 9. The van der Waals surface area contributed by atoms with Gasteiger partial charge in [-0.2, -0.15) is 5.10 Å². The molecule has 0 fully saturated rings. The van der Waals surface area contributed by atoms with Crippen molar-refractivity contribution in [3.05, 3.63) is 17.0 Å². The van der Waals surface area contributed by atoms with Gasteiger partial charge in [0.25, 0.3) is 0 Å². The van der Waals surface area contributed by atoms with Gasteiger partial charge >= 0.3 is 0 Å². The fourth-order valence-electron chi connectivity index (χ4n) is 1.97. The molecule has 0 aromatic carbocycles. The summed E-state index contributed by atoms with van der Waals surface area (Å²) in [5.41, 5.74) is 3.58. The molecular weight excluding hydrogens is 230 g/mol. The third-order valence-electron chi connectivity index (χ3n) is 3.09. The van der Waals surface area contributed by atoms with Crippen molar-refractivity contribution in [2.45, 2.75) is 39.8 Å². The molecule has 0 aliphatic heterocycles. The van der Waals surface area contributed by atoms with Crippen LogP contribution in [0.25, 0.3) is 0 Å². The van der Waals surface area contributed by atoms with Crippen LogP contribution in [-0.2, 0) is 17.8 Å². The average Bonchev–Trinajstić information content (AvgIpc) is 2.62. The zero-order valence-corrected chi connectivity index (χ0v) is 11.7. The summed E-state index contributed by atoms with van der Waals surface area (Å²) in [6, 6.07) is 0. The molecule has 0 radical (unpaired) electrons. The predicted octanol–water partition coefficient (Wildman–Crippen LogP) is 1.01. The van der Waals surface area contributed by atoms with Crippen molar-refractivity contribution >= 4 is 0 Å². The lowest BCUT2D eigenvalue weighted by Crippen LogP contribution is -2.19. The highest BCUT2D eigenvalue weighted by molar-refractivity contribution is 5.24. The maximum Gasteiger partial charge on any atom is 0.0641 e. The Labute approximate surface area is 109 Å². The Morgan fingerprint density at radius 1 is 1.33 bits per heavy atom. The Morgan fingerprint density at radius 3 is 2.78 bits per heavy atom. The summed E-state index contributed by atoms with van der Waals surface area (Å²) in [5, 5.41) is 16.7. The van der Waals surface area contributed by atoms with Crippen molar-refractivity contribution < 1.29 is 9.84 Å². The summed E-state index contributed by atoms with van der Waals surface area (Å²) >= 11 is 0. The third-order valence-corrected chi connectivity index (χ3v) is 3.09. The minimum atomic E-state index is 0.255. The van der Waals surface area contributed by atoms with Crippen LogP contribution in [0.15, 0.2) is 0 Å². The number of aliphatic hydroxyl groups excluding tert-OH is 1. The lowest BCUT2D eigenvalue weighted by atomic mass is 10.2. The fraction of sp³-hybridized carbons (Fsp3) is 0.769. The van der Waals surface area contributed by atoms with E-state index in [-0.39, 0.29) is 6.61 Å². The first kappa shape index (κ1) is 15.1. The summed E-state index contributed by atoms with van der Waals surface area (Å²) < 4.78 is 7.04. The largest absolute Gasteiger partial charge is 0.396 e. The Morgan fingerprint density at radius 2 is 2.11 bits per heavy atom. The average molecular weight is 255 g/mol. The van der Waals surface area contributed by atoms with Crippen LogP contribution >= 0.6 is 0 Å². The Hall–Kier alpha value is -0.910. The molecule has 1 aromatic rings. The lowest BCUT2D eigenvalue weighted by Gasteiger charge is -2.06. The number of unbranched alkanes of at least 4 members (excludes halogenated alkanes) is 1. The molecule has 1 rings (SSSR count). The monoisotopic (exact) mass is 255 g/mol. The fourth-order valence-corrected chi connectivity index (χ4v) is 1.97. The first-order valence-corrected chi connectivity index (χ1v) is 6.54. The molecule has 1 heterocycles. The Balaban J connectivity index is 2.51. The van der Waals surface area contributed by atoms with Crippen molar-refractivity contribution in [2.75, 3.05) is 26.9 Å². The zero-order chi connectivity index (χ0) is 13.4. The molecule has 0 bridgehead atoms. The van der Waals surface area contributed by atoms with Gasteiger partial charge in [-0.15, -0.1) is 0 Å². The number of aryl methyl sites for hydroxylation is 2. The standard InChI is InChI=1S/C13H25N3O2/c1-11-13(10-14-6-9-18-3)12(2)16(15-11)7-4-5-8-17/h14,17H,4-10H2,1-3H3. The molecule has 0 amide bonds. The van der Waals surface area contributed by atoms with Gasteiger partial charge in [-0.3, -0.25) is 4.68 Å². The number of nitrogens with zero attached hydrogens (tertiary/aromatic N) is 2. The normalized spacial score (nSPS) is 11.1. The molecule has 5 nitrogen and oxygen atoms in total. The number of hydrogen-bond donors (Lipinski definition) is 2. The quantitative estimate of drug-likeness (QED) is 0.647. The third kappa shape index (κ3) is 4.40. The smallest absolute Gasteiger partial charge is 0.0641 e. The van der Waals surface area contributed by atoms with Crippen LogP contribution in [0.1, 0.15) is 29.8 Å². The van der Waals surface area contributed by atoms with Gasteiger partial charge in [-0.1, -0.05) is 0 Å². The molecule has 0 saturated carbocycles. The molecule has 0 aliphatic carbocycles. The SMILES string of the molecule is COCCNCc1c(C)nn(CCCCO)c1C. The maximum atomic E-state index is 8.79. The van der Waals surface area contributed by atoms with Gasteiger partial charge in [-0.05, 0) is 26.7 Å². The van der Waals surface area contributed by atoms with Gasteiger partial charge in [-0.25, -0.2) is 0 Å². The lowest BCUT2D eigenvalue weighted by molar-refractivity contribution is 0.199. The molecule has 104 valence electrons. The predicted molar refractivity (Wildman–Crippen MR) is 71.6 cm³/mol. The van der Waals surface area contributed by atoms with Crippen LogP contribution in [0.5, 0.6) is 0 Å². The van der Waals surface area contributed by atoms with Crippen LogP contribution in [-0.4, -0.2) is 41.8 Å². The molecule has 0 aliphatic rings. The summed E-state index contributed by atoms with van der Waals surface area (Å²) in [5.74, 6) is 0. The van der Waals surface area contributed by atoms with E-state index in [2.05, 4.69) is 17.3 Å². The zero-order valence-electron chi connectivity index (χ0n) is 11.7. The number of ether oxygens (including phenoxy) is 1. The maximum absolute atomic E-state index is 8.79. The van der Waals surface area contributed by atoms with Crippen LogP contribution in [0.4, 0.5) is 0 Å². The van der Waals surface area contributed by atoms with Gasteiger partial charge in [0.15, 0.2) is 0 Å². The molecule has 0 spiro atoms. The molecule has 0 saturated heterocycles. The number of hydrogen-bond acceptors (Lipinski definition) is 4. The van der Waals surface area contributed by atoms with Crippen molar-refractivity contribution in [1.82, 2.24) is 15.1 Å². The topological polar surface area (TPSA) is 59.3 Å². The van der Waals surface area contributed by atoms with E-state index in [1.54, 1.807) is 7.11 Å². The van der Waals surface area contributed by atoms with E-state index in [1.165, 1.54) is 11.3 Å². The summed E-state index contributed by atoms with van der Waals surface area (Å²) in [6.45, 7) is 7.69. The molecule has 1 aromatic heterocycles. The minimum absolute atomic E-state index is 0.255. The minimum Gasteiger partial charge on any atom is -0.396 e. The highest BCUT2D eigenvalue weighted by Gasteiger charge is 2.10. The van der Waals surface area contributed by atoms with Crippen LogP contribution in [0, 0.1) is 13.8 Å².